The molecule has 2 rings (SSSR count). The van der Waals surface area contributed by atoms with Crippen molar-refractivity contribution in [1.82, 2.24) is 10.2 Å². The predicted octanol–water partition coefficient (Wildman–Crippen LogP) is 3.08. The third-order valence-electron chi connectivity index (χ3n) is 3.72. The highest BCUT2D eigenvalue weighted by Gasteiger charge is 2.25. The van der Waals surface area contributed by atoms with Gasteiger partial charge < -0.3 is 5.32 Å². The number of likely N-dealkylation sites (tertiary alicyclic amines) is 1. The van der Waals surface area contributed by atoms with E-state index in [1.54, 1.807) is 0 Å². The van der Waals surface area contributed by atoms with Gasteiger partial charge in [-0.3, -0.25) is 9.69 Å². The Morgan fingerprint density at radius 3 is 3.10 bits per heavy atom. The van der Waals surface area contributed by atoms with E-state index >= 15 is 0 Å². The fourth-order valence-corrected chi connectivity index (χ4v) is 2.91. The first-order valence-electron chi connectivity index (χ1n) is 7.43. The molecule has 0 unspecified atom stereocenters. The topological polar surface area (TPSA) is 32.3 Å². The molecule has 1 N–H and O–H groups in total. The molecule has 1 amide bonds. The average Bonchev–Trinajstić information content (AvgIpc) is 2.45. The molecule has 0 spiro atoms. The second kappa shape index (κ2) is 7.65. The number of carbonyl (C=O) groups excluding carboxylic acids is 1. The van der Waals surface area contributed by atoms with Gasteiger partial charge in [0, 0.05) is 24.7 Å². The molecule has 1 fully saturated rings. The summed E-state index contributed by atoms with van der Waals surface area (Å²) in [5.74, 6) is 0.345. The first-order chi connectivity index (χ1) is 9.69. The molecule has 0 radical (unpaired) electrons. The summed E-state index contributed by atoms with van der Waals surface area (Å²) in [7, 11) is 0. The summed E-state index contributed by atoms with van der Waals surface area (Å²) >= 11 is 6.02. The first-order valence-corrected chi connectivity index (χ1v) is 7.81. The summed E-state index contributed by atoms with van der Waals surface area (Å²) in [5, 5.41) is 3.78. The minimum Gasteiger partial charge on any atom is -0.356 e. The van der Waals surface area contributed by atoms with Crippen molar-refractivity contribution in [2.24, 2.45) is 5.92 Å². The molecule has 1 aromatic carbocycles. The van der Waals surface area contributed by atoms with Crippen LogP contribution < -0.4 is 5.32 Å². The second-order valence-electron chi connectivity index (χ2n) is 5.50. The maximum Gasteiger partial charge on any atom is 0.224 e. The van der Waals surface area contributed by atoms with Gasteiger partial charge in [0.05, 0.1) is 5.92 Å². The van der Waals surface area contributed by atoms with Gasteiger partial charge in [-0.2, -0.15) is 0 Å². The lowest BCUT2D eigenvalue weighted by Gasteiger charge is -2.32. The van der Waals surface area contributed by atoms with Crippen LogP contribution in [-0.2, 0) is 11.3 Å². The molecule has 1 saturated heterocycles. The third kappa shape index (κ3) is 4.50. The number of hydrogen-bond donors (Lipinski definition) is 1. The normalized spacial score (nSPS) is 19.8. The number of carbonyl (C=O) groups is 1. The van der Waals surface area contributed by atoms with Gasteiger partial charge in [0.1, 0.15) is 0 Å². The van der Waals surface area contributed by atoms with E-state index in [2.05, 4.69) is 23.2 Å². The Labute approximate surface area is 126 Å². The van der Waals surface area contributed by atoms with Crippen LogP contribution in [0.5, 0.6) is 0 Å². The van der Waals surface area contributed by atoms with Crippen molar-refractivity contribution in [2.45, 2.75) is 32.7 Å². The maximum absolute atomic E-state index is 12.1. The van der Waals surface area contributed by atoms with Crippen LogP contribution in [0.15, 0.2) is 24.3 Å². The van der Waals surface area contributed by atoms with Gasteiger partial charge in [0.2, 0.25) is 5.91 Å². The van der Waals surface area contributed by atoms with Crippen LogP contribution in [0.2, 0.25) is 5.02 Å². The smallest absolute Gasteiger partial charge is 0.224 e. The van der Waals surface area contributed by atoms with Gasteiger partial charge in [-0.15, -0.1) is 0 Å². The Morgan fingerprint density at radius 1 is 1.50 bits per heavy atom. The zero-order valence-corrected chi connectivity index (χ0v) is 12.8. The van der Waals surface area contributed by atoms with Crippen molar-refractivity contribution < 1.29 is 4.79 Å². The summed E-state index contributed by atoms with van der Waals surface area (Å²) in [5.41, 5.74) is 1.21. The standard InChI is InChI=1S/C16H23ClN2O/c1-2-8-18-16(20)14-6-4-9-19(12-14)11-13-5-3-7-15(17)10-13/h3,5,7,10,14H,2,4,6,8-9,11-12H2,1H3,(H,18,20)/t14-/m0/s1. The van der Waals surface area contributed by atoms with Gasteiger partial charge in [-0.25, -0.2) is 0 Å². The van der Waals surface area contributed by atoms with Crippen LogP contribution in [-0.4, -0.2) is 30.4 Å². The van der Waals surface area contributed by atoms with Gasteiger partial charge >= 0.3 is 0 Å². The molecule has 1 heterocycles. The van der Waals surface area contributed by atoms with Gasteiger partial charge in [0.25, 0.3) is 0 Å². The van der Waals surface area contributed by atoms with Crippen LogP contribution >= 0.6 is 11.6 Å². The molecular weight excluding hydrogens is 272 g/mol. The van der Waals surface area contributed by atoms with Gasteiger partial charge in [0.15, 0.2) is 0 Å². The van der Waals surface area contributed by atoms with Crippen molar-refractivity contribution in [3.63, 3.8) is 0 Å². The lowest BCUT2D eigenvalue weighted by molar-refractivity contribution is -0.126. The van der Waals surface area contributed by atoms with Gasteiger partial charge in [-0.1, -0.05) is 30.7 Å². The number of amides is 1. The molecule has 0 saturated carbocycles. The summed E-state index contributed by atoms with van der Waals surface area (Å²) in [4.78, 5) is 14.4. The fraction of sp³-hybridized carbons (Fsp3) is 0.562. The zero-order chi connectivity index (χ0) is 14.4. The van der Waals surface area contributed by atoms with Gasteiger partial charge in [-0.05, 0) is 43.5 Å². The largest absolute Gasteiger partial charge is 0.356 e. The second-order valence-corrected chi connectivity index (χ2v) is 5.93. The van der Waals surface area contributed by atoms with Crippen molar-refractivity contribution in [3.8, 4) is 0 Å². The highest BCUT2D eigenvalue weighted by Crippen LogP contribution is 2.20. The molecular formula is C16H23ClN2O. The molecule has 20 heavy (non-hydrogen) atoms. The van der Waals surface area contributed by atoms with E-state index in [0.717, 1.165) is 50.5 Å². The number of nitrogens with zero attached hydrogens (tertiary/aromatic N) is 1. The molecule has 1 atom stereocenters. The Kier molecular flexibility index (Phi) is 5.86. The van der Waals surface area contributed by atoms with E-state index in [-0.39, 0.29) is 11.8 Å². The van der Waals surface area contributed by atoms with E-state index in [1.807, 2.05) is 18.2 Å². The van der Waals surface area contributed by atoms with E-state index in [1.165, 1.54) is 5.56 Å². The van der Waals surface area contributed by atoms with Crippen LogP contribution in [0.1, 0.15) is 31.7 Å². The summed E-state index contributed by atoms with van der Waals surface area (Å²) in [6.07, 6.45) is 3.08. The Morgan fingerprint density at radius 2 is 2.35 bits per heavy atom. The minimum atomic E-state index is 0.134. The highest BCUT2D eigenvalue weighted by atomic mass is 35.5. The van der Waals surface area contributed by atoms with Crippen molar-refractivity contribution >= 4 is 17.5 Å². The molecule has 1 aromatic rings. The maximum atomic E-state index is 12.1. The Hall–Kier alpha value is -1.06. The highest BCUT2D eigenvalue weighted by molar-refractivity contribution is 6.30. The van der Waals surface area contributed by atoms with E-state index < -0.39 is 0 Å². The molecule has 1 aliphatic rings. The minimum absolute atomic E-state index is 0.134. The van der Waals surface area contributed by atoms with Crippen LogP contribution in [0, 0.1) is 5.92 Å². The number of halogens is 1. The average molecular weight is 295 g/mol. The quantitative estimate of drug-likeness (QED) is 0.905. The summed E-state index contributed by atoms with van der Waals surface area (Å²) < 4.78 is 0. The number of benzene rings is 1. The number of hydrogen-bond acceptors (Lipinski definition) is 2. The molecule has 1 aliphatic heterocycles. The Balaban J connectivity index is 1.88. The molecule has 3 nitrogen and oxygen atoms in total. The van der Waals surface area contributed by atoms with E-state index in [4.69, 9.17) is 11.6 Å². The molecule has 110 valence electrons. The molecule has 0 aromatic heterocycles. The number of piperidine rings is 1. The first kappa shape index (κ1) is 15.3. The third-order valence-corrected chi connectivity index (χ3v) is 3.96. The molecule has 4 heteroatoms. The van der Waals surface area contributed by atoms with Crippen molar-refractivity contribution in [1.29, 1.82) is 0 Å². The SMILES string of the molecule is CCCNC(=O)[C@H]1CCCN(Cc2cccc(Cl)c2)C1. The molecule has 0 aliphatic carbocycles. The zero-order valence-electron chi connectivity index (χ0n) is 12.1. The lowest BCUT2D eigenvalue weighted by atomic mass is 9.96. The predicted molar refractivity (Wildman–Crippen MR) is 82.8 cm³/mol. The fourth-order valence-electron chi connectivity index (χ4n) is 2.70. The van der Waals surface area contributed by atoms with E-state index in [0.29, 0.717) is 0 Å². The monoisotopic (exact) mass is 294 g/mol. The summed E-state index contributed by atoms with van der Waals surface area (Å²) in [6, 6.07) is 7.96. The van der Waals surface area contributed by atoms with Crippen LogP contribution in [0.3, 0.4) is 0 Å². The number of rotatable bonds is 5. The van der Waals surface area contributed by atoms with Crippen molar-refractivity contribution in [2.75, 3.05) is 19.6 Å². The van der Waals surface area contributed by atoms with E-state index in [9.17, 15) is 4.79 Å². The summed E-state index contributed by atoms with van der Waals surface area (Å²) in [6.45, 7) is 5.64. The number of nitrogens with one attached hydrogen (secondary N) is 1. The van der Waals surface area contributed by atoms with Crippen LogP contribution in [0.25, 0.3) is 0 Å². The van der Waals surface area contributed by atoms with Crippen molar-refractivity contribution in [3.05, 3.63) is 34.9 Å². The Bertz CT molecular complexity index is 450. The lowest BCUT2D eigenvalue weighted by Crippen LogP contribution is -2.42. The van der Waals surface area contributed by atoms with Crippen LogP contribution in [0.4, 0.5) is 0 Å². The molecule has 0 bridgehead atoms.